The summed E-state index contributed by atoms with van der Waals surface area (Å²) in [6, 6.07) is 21.4. The molecule has 1 amide bonds. The molecule has 0 aliphatic carbocycles. The van der Waals surface area contributed by atoms with Gasteiger partial charge >= 0.3 is 0 Å². The second-order valence-electron chi connectivity index (χ2n) is 5.79. The molecule has 0 spiro atoms. The Kier molecular flexibility index (Phi) is 7.20. The summed E-state index contributed by atoms with van der Waals surface area (Å²) in [4.78, 5) is 12.4. The van der Waals surface area contributed by atoms with Crippen molar-refractivity contribution >= 4 is 11.6 Å². The number of hydrogen-bond acceptors (Lipinski definition) is 2. The van der Waals surface area contributed by atoms with Crippen molar-refractivity contribution < 1.29 is 42.1 Å². The zero-order valence-electron chi connectivity index (χ0n) is 14.5. The molecule has 2 aromatic carbocycles. The number of para-hydroxylation sites is 1. The van der Waals surface area contributed by atoms with Crippen LogP contribution in [0.4, 0.5) is 5.69 Å². The van der Waals surface area contributed by atoms with Crippen molar-refractivity contribution in [2.24, 2.45) is 0 Å². The van der Waals surface area contributed by atoms with E-state index >= 15 is 0 Å². The fourth-order valence-corrected chi connectivity index (χ4v) is 2.69. The van der Waals surface area contributed by atoms with Crippen LogP contribution in [0.1, 0.15) is 11.1 Å². The van der Waals surface area contributed by atoms with Crippen LogP contribution < -0.4 is 9.88 Å². The van der Waals surface area contributed by atoms with Gasteiger partial charge in [-0.3, -0.25) is 4.79 Å². The minimum absolute atomic E-state index is 0. The minimum Gasteiger partial charge on any atom is -0.319 e. The number of carbonyl (C=O) groups is 1. The number of amides is 1. The molecule has 125 valence electrons. The Bertz CT molecular complexity index is 949. The normalized spacial score (nSPS) is 9.69. The van der Waals surface area contributed by atoms with E-state index in [0.29, 0.717) is 11.3 Å². The Balaban J connectivity index is 0.00000243. The van der Waals surface area contributed by atoms with Gasteiger partial charge in [-0.05, 0) is 30.2 Å². The van der Waals surface area contributed by atoms with Gasteiger partial charge in [-0.1, -0.05) is 42.5 Å². The fourth-order valence-electron chi connectivity index (χ4n) is 2.69. The summed E-state index contributed by atoms with van der Waals surface area (Å²) in [6.07, 6.45) is 3.80. The molecule has 4 nitrogen and oxygen atoms in total. The van der Waals surface area contributed by atoms with Gasteiger partial charge in [0.15, 0.2) is 12.4 Å². The van der Waals surface area contributed by atoms with Crippen molar-refractivity contribution in [3.05, 3.63) is 84.2 Å². The van der Waals surface area contributed by atoms with Crippen LogP contribution in [-0.2, 0) is 44.0 Å². The van der Waals surface area contributed by atoms with E-state index in [4.69, 9.17) is 0 Å². The smallest absolute Gasteiger partial charge is 0.290 e. The van der Waals surface area contributed by atoms with Gasteiger partial charge in [0.25, 0.3) is 5.91 Å². The van der Waals surface area contributed by atoms with Gasteiger partial charge in [-0.25, -0.2) is 0 Å². The van der Waals surface area contributed by atoms with E-state index in [0.717, 1.165) is 16.7 Å². The maximum atomic E-state index is 12.4. The van der Waals surface area contributed by atoms with E-state index < -0.39 is 0 Å². The molecule has 1 N–H and O–H groups in total. The summed E-state index contributed by atoms with van der Waals surface area (Å²) < 4.78 is 1.84. The molecule has 0 saturated heterocycles. The van der Waals surface area contributed by atoms with Crippen molar-refractivity contribution in [2.75, 3.05) is 5.32 Å². The van der Waals surface area contributed by atoms with Crippen LogP contribution in [-0.4, -0.2) is 5.91 Å². The number of hydrogen-bond donors (Lipinski definition) is 1. The summed E-state index contributed by atoms with van der Waals surface area (Å²) >= 11 is 0. The number of benzene rings is 2. The summed E-state index contributed by atoms with van der Waals surface area (Å²) in [7, 11) is 0. The van der Waals surface area contributed by atoms with E-state index in [-0.39, 0.29) is 45.2 Å². The second kappa shape index (κ2) is 9.38. The molecule has 0 saturated carbocycles. The number of nitriles is 1. The molecule has 3 rings (SSSR count). The third-order valence-electron chi connectivity index (χ3n) is 3.95. The van der Waals surface area contributed by atoms with Crippen molar-refractivity contribution in [3.8, 4) is 17.2 Å². The maximum Gasteiger partial charge on any atom is 0.290 e. The molecular weight excluding hydrogens is 399 g/mol. The summed E-state index contributed by atoms with van der Waals surface area (Å²) in [5.74, 6) is -0.166. The third-order valence-corrected chi connectivity index (χ3v) is 3.95. The molecule has 26 heavy (non-hydrogen) atoms. The number of nitrogens with one attached hydrogen (secondary N) is 1. The molecule has 5 heteroatoms. The van der Waals surface area contributed by atoms with Crippen LogP contribution in [0.5, 0.6) is 0 Å². The SMILES string of the molecule is Cc1cccc(C#N)c1NC(=O)C[n+]1cccc(-c2ccccc2)c1.[Y]. The topological polar surface area (TPSA) is 56.8 Å². The molecule has 1 aromatic heterocycles. The Morgan fingerprint density at radius 2 is 1.77 bits per heavy atom. The Morgan fingerprint density at radius 3 is 2.50 bits per heavy atom. The average molecular weight is 417 g/mol. The number of rotatable bonds is 4. The van der Waals surface area contributed by atoms with Gasteiger partial charge in [-0.2, -0.15) is 9.83 Å². The van der Waals surface area contributed by atoms with Crippen LogP contribution >= 0.6 is 0 Å². The van der Waals surface area contributed by atoms with Gasteiger partial charge in [-0.15, -0.1) is 0 Å². The molecular formula is C21H18N3OY+. The number of anilines is 1. The Labute approximate surface area is 178 Å². The Hall–Kier alpha value is -2.35. The fraction of sp³-hybridized carbons (Fsp3) is 0.0952. The van der Waals surface area contributed by atoms with Crippen molar-refractivity contribution in [1.82, 2.24) is 0 Å². The predicted molar refractivity (Wildman–Crippen MR) is 96.6 cm³/mol. The largest absolute Gasteiger partial charge is 0.319 e. The monoisotopic (exact) mass is 417 g/mol. The predicted octanol–water partition coefficient (Wildman–Crippen LogP) is 3.46. The molecule has 0 bridgehead atoms. The first-order valence-corrected chi connectivity index (χ1v) is 8.01. The standard InChI is InChI=1S/C21H17N3O.Y/c1-16-7-5-10-18(13-22)21(16)23-20(25)15-24-12-6-11-19(14-24)17-8-3-2-4-9-17;/h2-12,14H,15H2,1H3;/p+1. The number of carbonyl (C=O) groups excluding carboxylic acids is 1. The molecule has 0 unspecified atom stereocenters. The zero-order chi connectivity index (χ0) is 17.6. The van der Waals surface area contributed by atoms with Crippen molar-refractivity contribution in [3.63, 3.8) is 0 Å². The van der Waals surface area contributed by atoms with E-state index in [1.54, 1.807) is 6.07 Å². The van der Waals surface area contributed by atoms with Crippen LogP contribution in [0.15, 0.2) is 73.1 Å². The minimum atomic E-state index is -0.166. The molecule has 0 atom stereocenters. The zero-order valence-corrected chi connectivity index (χ0v) is 17.4. The molecule has 0 fully saturated rings. The average Bonchev–Trinajstić information content (AvgIpc) is 2.64. The van der Waals surface area contributed by atoms with E-state index in [1.165, 1.54) is 0 Å². The Morgan fingerprint density at radius 1 is 1.04 bits per heavy atom. The molecule has 3 aromatic rings. The van der Waals surface area contributed by atoms with Crippen LogP contribution in [0, 0.1) is 18.3 Å². The van der Waals surface area contributed by atoms with Crippen molar-refractivity contribution in [1.29, 1.82) is 5.26 Å². The quantitative estimate of drug-likeness (QED) is 0.662. The van der Waals surface area contributed by atoms with E-state index in [2.05, 4.69) is 11.4 Å². The summed E-state index contributed by atoms with van der Waals surface area (Å²) in [5.41, 5.74) is 4.06. The number of aryl methyl sites for hydroxylation is 1. The van der Waals surface area contributed by atoms with Gasteiger partial charge < -0.3 is 5.32 Å². The van der Waals surface area contributed by atoms with Crippen LogP contribution in [0.25, 0.3) is 11.1 Å². The van der Waals surface area contributed by atoms with E-state index in [9.17, 15) is 10.1 Å². The first-order valence-electron chi connectivity index (χ1n) is 8.01. The molecule has 1 heterocycles. The molecule has 0 aliphatic heterocycles. The summed E-state index contributed by atoms with van der Waals surface area (Å²) in [6.45, 7) is 2.06. The maximum absolute atomic E-state index is 12.4. The van der Waals surface area contributed by atoms with E-state index in [1.807, 2.05) is 78.5 Å². The summed E-state index contributed by atoms with van der Waals surface area (Å²) in [5, 5.41) is 12.1. The van der Waals surface area contributed by atoms with Gasteiger partial charge in [0, 0.05) is 44.3 Å². The second-order valence-corrected chi connectivity index (χ2v) is 5.79. The van der Waals surface area contributed by atoms with Gasteiger partial charge in [0.1, 0.15) is 6.07 Å². The van der Waals surface area contributed by atoms with Gasteiger partial charge in [0.2, 0.25) is 6.54 Å². The third kappa shape index (κ3) is 4.85. The number of nitrogens with zero attached hydrogens (tertiary/aromatic N) is 2. The molecule has 1 radical (unpaired) electrons. The van der Waals surface area contributed by atoms with Crippen LogP contribution in [0.3, 0.4) is 0 Å². The first-order chi connectivity index (χ1) is 12.2. The first kappa shape index (κ1) is 20.0. The molecule has 0 aliphatic rings. The number of pyridine rings is 1. The van der Waals surface area contributed by atoms with Crippen molar-refractivity contribution in [2.45, 2.75) is 13.5 Å². The van der Waals surface area contributed by atoms with Crippen LogP contribution in [0.2, 0.25) is 0 Å². The van der Waals surface area contributed by atoms with Gasteiger partial charge in [0.05, 0.1) is 11.3 Å². The number of aromatic nitrogens is 1.